The molecule has 1 aromatic heterocycles. The highest BCUT2D eigenvalue weighted by Gasteiger charge is 2.38. The Hall–Kier alpha value is -4.20. The Morgan fingerprint density at radius 3 is 2.72 bits per heavy atom. The summed E-state index contributed by atoms with van der Waals surface area (Å²) in [6, 6.07) is 8.40. The summed E-state index contributed by atoms with van der Waals surface area (Å²) >= 11 is 0. The molecular weight excluding hydrogens is 523 g/mol. The van der Waals surface area contributed by atoms with E-state index in [1.54, 1.807) is 0 Å². The molecule has 0 unspecified atom stereocenters. The number of rotatable bonds is 7. The number of fused-ring (bicyclic) bond motifs is 1. The Morgan fingerprint density at radius 1 is 1.15 bits per heavy atom. The number of oxime groups is 1. The molecule has 1 saturated heterocycles. The van der Waals surface area contributed by atoms with Gasteiger partial charge in [0.2, 0.25) is 17.7 Å². The van der Waals surface area contributed by atoms with Gasteiger partial charge in [-0.05, 0) is 48.7 Å². The zero-order chi connectivity index (χ0) is 27.6. The lowest BCUT2D eigenvalue weighted by Gasteiger charge is -2.20. The molecule has 0 aliphatic carbocycles. The molecular formula is C25H26F3N5O6. The largest absolute Gasteiger partial charge is 0.493 e. The van der Waals surface area contributed by atoms with Crippen molar-refractivity contribution < 1.29 is 42.2 Å². The Bertz CT molecular complexity index is 1350. The van der Waals surface area contributed by atoms with Crippen molar-refractivity contribution in [3.63, 3.8) is 0 Å². The van der Waals surface area contributed by atoms with Crippen molar-refractivity contribution in [3.8, 4) is 28.6 Å². The van der Waals surface area contributed by atoms with Gasteiger partial charge in [-0.2, -0.15) is 18.2 Å². The van der Waals surface area contributed by atoms with E-state index in [1.807, 2.05) is 18.2 Å². The number of aryl methyl sites for hydroxylation is 1. The fourth-order valence-electron chi connectivity index (χ4n) is 4.56. The molecule has 4 N–H and O–H groups in total. The number of hydrogen-bond acceptors (Lipinski definition) is 9. The van der Waals surface area contributed by atoms with E-state index in [9.17, 15) is 18.3 Å². The molecule has 0 amide bonds. The maximum absolute atomic E-state index is 13.9. The van der Waals surface area contributed by atoms with Crippen LogP contribution in [0.1, 0.15) is 35.9 Å². The van der Waals surface area contributed by atoms with Crippen molar-refractivity contribution in [1.29, 1.82) is 0 Å². The van der Waals surface area contributed by atoms with Gasteiger partial charge in [-0.15, -0.1) is 0 Å². The van der Waals surface area contributed by atoms with E-state index in [4.69, 9.17) is 29.7 Å². The second-order valence-corrected chi connectivity index (χ2v) is 9.11. The van der Waals surface area contributed by atoms with Gasteiger partial charge in [0.05, 0.1) is 18.3 Å². The molecule has 3 aromatic rings. The van der Waals surface area contributed by atoms with Gasteiger partial charge in [0.1, 0.15) is 25.0 Å². The fourth-order valence-corrected chi connectivity index (χ4v) is 4.56. The predicted molar refractivity (Wildman–Crippen MR) is 129 cm³/mol. The minimum absolute atomic E-state index is 0.0150. The van der Waals surface area contributed by atoms with Gasteiger partial charge in [0.25, 0.3) is 0 Å². The quantitative estimate of drug-likeness (QED) is 0.132. The van der Waals surface area contributed by atoms with E-state index in [0.29, 0.717) is 37.6 Å². The maximum Gasteiger partial charge on any atom is 0.419 e. The number of hydrogen-bond donors (Lipinski definition) is 3. The second-order valence-electron chi connectivity index (χ2n) is 9.11. The third-order valence-electron chi connectivity index (χ3n) is 6.42. The highest BCUT2D eigenvalue weighted by molar-refractivity contribution is 5.78. The van der Waals surface area contributed by atoms with Crippen LogP contribution >= 0.6 is 0 Å². The molecule has 1 fully saturated rings. The molecule has 39 heavy (non-hydrogen) atoms. The SMILES string of the molecule is N/C(=N/O)N1C[C@H](O)C[C@H]1c1nc(-c2ccc(OCCCc3ccc4c(c3)OCCO4)c(C(F)(F)F)c2)no1. The monoisotopic (exact) mass is 549 g/mol. The van der Waals surface area contributed by atoms with E-state index < -0.39 is 23.9 Å². The van der Waals surface area contributed by atoms with Gasteiger partial charge >= 0.3 is 6.18 Å². The summed E-state index contributed by atoms with van der Waals surface area (Å²) in [6.07, 6.45) is -4.26. The average Bonchev–Trinajstić information content (AvgIpc) is 3.57. The summed E-state index contributed by atoms with van der Waals surface area (Å²) < 4.78 is 63.5. The van der Waals surface area contributed by atoms with Gasteiger partial charge in [0.15, 0.2) is 11.5 Å². The first-order chi connectivity index (χ1) is 18.7. The van der Waals surface area contributed by atoms with Crippen LogP contribution in [0, 0.1) is 0 Å². The van der Waals surface area contributed by atoms with Gasteiger partial charge in [-0.25, -0.2) is 0 Å². The molecule has 2 atom stereocenters. The fraction of sp³-hybridized carbons (Fsp3) is 0.400. The topological polar surface area (TPSA) is 149 Å². The third-order valence-corrected chi connectivity index (χ3v) is 6.42. The minimum Gasteiger partial charge on any atom is -0.493 e. The molecule has 208 valence electrons. The van der Waals surface area contributed by atoms with Crippen LogP contribution in [0.5, 0.6) is 17.2 Å². The van der Waals surface area contributed by atoms with Crippen LogP contribution in [0.15, 0.2) is 46.1 Å². The zero-order valence-corrected chi connectivity index (χ0v) is 20.6. The molecule has 3 heterocycles. The number of aromatic nitrogens is 2. The zero-order valence-electron chi connectivity index (χ0n) is 20.6. The first kappa shape index (κ1) is 26.4. The Morgan fingerprint density at radius 2 is 1.95 bits per heavy atom. The first-order valence-corrected chi connectivity index (χ1v) is 12.2. The Labute approximate surface area is 220 Å². The van der Waals surface area contributed by atoms with Crippen LogP contribution in [-0.2, 0) is 12.6 Å². The van der Waals surface area contributed by atoms with Crippen LogP contribution in [-0.4, -0.2) is 63.8 Å². The van der Waals surface area contributed by atoms with Crippen LogP contribution < -0.4 is 19.9 Å². The van der Waals surface area contributed by atoms with E-state index in [2.05, 4.69) is 15.3 Å². The molecule has 0 spiro atoms. The average molecular weight is 550 g/mol. The number of alkyl halides is 3. The highest BCUT2D eigenvalue weighted by atomic mass is 19.4. The molecule has 0 radical (unpaired) electrons. The van der Waals surface area contributed by atoms with Crippen LogP contribution in [0.4, 0.5) is 13.2 Å². The number of β-amino-alcohol motifs (C(OH)–C–C–N with tert-alkyl or cyclic N) is 1. The molecule has 14 heteroatoms. The number of aliphatic hydroxyl groups excluding tert-OH is 1. The summed E-state index contributed by atoms with van der Waals surface area (Å²) in [5.41, 5.74) is 5.71. The van der Waals surface area contributed by atoms with Crippen LogP contribution in [0.25, 0.3) is 11.4 Å². The number of likely N-dealkylation sites (tertiary alicyclic amines) is 1. The van der Waals surface area contributed by atoms with Gasteiger partial charge < -0.3 is 39.7 Å². The predicted octanol–water partition coefficient (Wildman–Crippen LogP) is 3.35. The molecule has 2 aliphatic rings. The molecule has 2 aromatic carbocycles. The van der Waals surface area contributed by atoms with E-state index in [1.165, 1.54) is 17.0 Å². The molecule has 0 saturated carbocycles. The molecule has 5 rings (SSSR count). The number of guanidine groups is 1. The summed E-state index contributed by atoms with van der Waals surface area (Å²) in [6.45, 7) is 1.09. The first-order valence-electron chi connectivity index (χ1n) is 12.2. The lowest BCUT2D eigenvalue weighted by Crippen LogP contribution is -2.37. The highest BCUT2D eigenvalue weighted by Crippen LogP contribution is 2.39. The van der Waals surface area contributed by atoms with Crippen LogP contribution in [0.2, 0.25) is 0 Å². The van der Waals surface area contributed by atoms with E-state index >= 15 is 0 Å². The molecule has 0 bridgehead atoms. The van der Waals surface area contributed by atoms with Crippen molar-refractivity contribution in [2.75, 3.05) is 26.4 Å². The van der Waals surface area contributed by atoms with Crippen molar-refractivity contribution >= 4 is 5.96 Å². The van der Waals surface area contributed by atoms with Gasteiger partial charge in [-0.1, -0.05) is 16.4 Å². The normalized spacial score (nSPS) is 19.4. The van der Waals surface area contributed by atoms with Crippen LogP contribution in [0.3, 0.4) is 0 Å². The second kappa shape index (κ2) is 10.9. The lowest BCUT2D eigenvalue weighted by atomic mass is 10.1. The van der Waals surface area contributed by atoms with Crippen molar-refractivity contribution in [1.82, 2.24) is 15.0 Å². The minimum atomic E-state index is -4.69. The number of aliphatic hydroxyl groups is 1. The number of benzene rings is 2. The van der Waals surface area contributed by atoms with Crippen molar-refractivity contribution in [2.24, 2.45) is 10.9 Å². The number of ether oxygens (including phenoxy) is 3. The summed E-state index contributed by atoms with van der Waals surface area (Å²) in [4.78, 5) is 5.57. The van der Waals surface area contributed by atoms with Gasteiger partial charge in [-0.3, -0.25) is 0 Å². The number of halogens is 3. The smallest absolute Gasteiger partial charge is 0.419 e. The molecule has 2 aliphatic heterocycles. The molecule has 11 nitrogen and oxygen atoms in total. The standard InChI is InChI=1S/C25H26F3N5O6/c26-25(27,28)17-11-15(22-30-23(39-32-22)18-12-16(34)13-33(18)24(29)31-35)4-6-19(17)36-7-1-2-14-3-5-20-21(10-14)38-9-8-37-20/h3-6,10-11,16,18,34-35H,1-2,7-9,12-13H2,(H2,29,31)/t16-,18+/m1/s1. The van der Waals surface area contributed by atoms with E-state index in [0.717, 1.165) is 11.6 Å². The summed E-state index contributed by atoms with van der Waals surface area (Å²) in [5, 5.41) is 25.7. The Kier molecular flexibility index (Phi) is 7.37. The van der Waals surface area contributed by atoms with Crippen molar-refractivity contribution in [2.45, 2.75) is 37.6 Å². The summed E-state index contributed by atoms with van der Waals surface area (Å²) in [5.74, 6) is 0.690. The van der Waals surface area contributed by atoms with Crippen molar-refractivity contribution in [3.05, 3.63) is 53.4 Å². The third kappa shape index (κ3) is 5.79. The summed E-state index contributed by atoms with van der Waals surface area (Å²) in [7, 11) is 0. The number of nitrogens with two attached hydrogens (primary N) is 1. The number of nitrogens with zero attached hydrogens (tertiary/aromatic N) is 4. The van der Waals surface area contributed by atoms with E-state index in [-0.39, 0.29) is 48.6 Å². The Balaban J connectivity index is 1.27. The maximum atomic E-state index is 13.9. The lowest BCUT2D eigenvalue weighted by molar-refractivity contribution is -0.138. The van der Waals surface area contributed by atoms with Gasteiger partial charge in [0, 0.05) is 18.5 Å².